The molecule has 4 rings (SSSR count). The first-order valence-corrected chi connectivity index (χ1v) is 10.8. The van der Waals surface area contributed by atoms with Gasteiger partial charge in [0.1, 0.15) is 5.82 Å². The van der Waals surface area contributed by atoms with Crippen LogP contribution in [-0.4, -0.2) is 30.5 Å². The molecular weight excluding hydrogens is 346 g/mol. The van der Waals surface area contributed by atoms with Gasteiger partial charge in [0.25, 0.3) is 5.91 Å². The van der Waals surface area contributed by atoms with E-state index in [0.29, 0.717) is 12.5 Å². The number of hydrogen-bond donors (Lipinski definition) is 1. The Bertz CT molecular complexity index is 873. The maximum atomic E-state index is 13.0. The predicted octanol–water partition coefficient (Wildman–Crippen LogP) is 5.09. The third-order valence-electron chi connectivity index (χ3n) is 6.04. The van der Waals surface area contributed by atoms with Crippen molar-refractivity contribution in [2.75, 3.05) is 24.5 Å². The van der Waals surface area contributed by atoms with E-state index in [1.165, 1.54) is 44.1 Å². The van der Waals surface area contributed by atoms with E-state index >= 15 is 0 Å². The lowest BCUT2D eigenvalue weighted by molar-refractivity contribution is 0.0955. The molecule has 0 saturated carbocycles. The number of fused-ring (bicyclic) bond motifs is 1. The number of carbonyl (C=O) groups is 1. The van der Waals surface area contributed by atoms with E-state index < -0.39 is 0 Å². The van der Waals surface area contributed by atoms with Crippen molar-refractivity contribution in [3.8, 4) is 0 Å². The average Bonchev–Trinajstić information content (AvgIpc) is 2.73. The van der Waals surface area contributed by atoms with Gasteiger partial charge in [0.15, 0.2) is 0 Å². The van der Waals surface area contributed by atoms with Crippen LogP contribution in [0.15, 0.2) is 42.0 Å². The van der Waals surface area contributed by atoms with Crippen LogP contribution in [-0.2, 0) is 0 Å². The first kappa shape index (κ1) is 19.0. The topological polar surface area (TPSA) is 45.2 Å². The zero-order valence-electron chi connectivity index (χ0n) is 16.9. The highest BCUT2D eigenvalue weighted by atomic mass is 16.1. The van der Waals surface area contributed by atoms with Crippen molar-refractivity contribution < 1.29 is 4.79 Å². The molecule has 2 heterocycles. The Labute approximate surface area is 168 Å². The highest BCUT2D eigenvalue weighted by Crippen LogP contribution is 2.27. The molecule has 4 heteroatoms. The molecule has 1 N–H and O–H groups in total. The van der Waals surface area contributed by atoms with Crippen molar-refractivity contribution >= 4 is 22.6 Å². The second-order valence-corrected chi connectivity index (χ2v) is 8.35. The van der Waals surface area contributed by atoms with Crippen LogP contribution in [0.5, 0.6) is 0 Å². The van der Waals surface area contributed by atoms with Gasteiger partial charge in [0, 0.05) is 25.0 Å². The largest absolute Gasteiger partial charge is 0.356 e. The smallest absolute Gasteiger partial charge is 0.252 e. The summed E-state index contributed by atoms with van der Waals surface area (Å²) in [7, 11) is 0. The number of amides is 1. The van der Waals surface area contributed by atoms with Crippen LogP contribution in [0.25, 0.3) is 10.9 Å². The molecule has 4 nitrogen and oxygen atoms in total. The van der Waals surface area contributed by atoms with Gasteiger partial charge in [-0.05, 0) is 63.0 Å². The summed E-state index contributed by atoms with van der Waals surface area (Å²) in [6.45, 7) is 5.03. The molecule has 0 bridgehead atoms. The van der Waals surface area contributed by atoms with E-state index in [2.05, 4.69) is 23.2 Å². The van der Waals surface area contributed by atoms with E-state index in [1.807, 2.05) is 30.3 Å². The molecule has 1 unspecified atom stereocenters. The van der Waals surface area contributed by atoms with Crippen molar-refractivity contribution in [1.82, 2.24) is 10.3 Å². The van der Waals surface area contributed by atoms with Crippen molar-refractivity contribution in [3.05, 3.63) is 47.5 Å². The fourth-order valence-electron chi connectivity index (χ4n) is 4.47. The van der Waals surface area contributed by atoms with Crippen LogP contribution in [0.2, 0.25) is 0 Å². The molecule has 1 aromatic carbocycles. The van der Waals surface area contributed by atoms with Gasteiger partial charge in [0.05, 0.1) is 11.1 Å². The Kier molecular flexibility index (Phi) is 5.94. The first-order chi connectivity index (χ1) is 13.7. The molecule has 1 aliphatic heterocycles. The molecule has 1 fully saturated rings. The van der Waals surface area contributed by atoms with Crippen LogP contribution < -0.4 is 10.2 Å². The number of piperidine rings is 1. The standard InChI is InChI=1S/C24H31N3O/c1-18-8-7-15-27(17-18)23-16-21(20-11-5-6-12-22(20)26-23)24(28)25-14-13-19-9-3-2-4-10-19/h5-6,9,11-12,16,18H,2-4,7-8,10,13-15,17H2,1H3,(H,25,28). The summed E-state index contributed by atoms with van der Waals surface area (Å²) in [5.41, 5.74) is 3.14. The summed E-state index contributed by atoms with van der Waals surface area (Å²) in [6.07, 6.45) is 10.7. The molecule has 0 radical (unpaired) electrons. The summed E-state index contributed by atoms with van der Waals surface area (Å²) in [5, 5.41) is 4.09. The third-order valence-corrected chi connectivity index (χ3v) is 6.04. The number of anilines is 1. The molecule has 2 aromatic rings. The Balaban J connectivity index is 1.54. The predicted molar refractivity (Wildman–Crippen MR) is 116 cm³/mol. The number of allylic oxidation sites excluding steroid dienone is 1. The normalized spacial score (nSPS) is 20.1. The Morgan fingerprint density at radius 1 is 1.25 bits per heavy atom. The van der Waals surface area contributed by atoms with Crippen LogP contribution in [0, 0.1) is 5.92 Å². The monoisotopic (exact) mass is 377 g/mol. The van der Waals surface area contributed by atoms with E-state index in [4.69, 9.17) is 4.98 Å². The van der Waals surface area contributed by atoms with Gasteiger partial charge in [-0.2, -0.15) is 0 Å². The van der Waals surface area contributed by atoms with Gasteiger partial charge in [0.2, 0.25) is 0 Å². The second kappa shape index (κ2) is 8.76. The third kappa shape index (κ3) is 4.37. The number of para-hydroxylation sites is 1. The van der Waals surface area contributed by atoms with Gasteiger partial charge >= 0.3 is 0 Å². The average molecular weight is 378 g/mol. The van der Waals surface area contributed by atoms with Crippen molar-refractivity contribution in [3.63, 3.8) is 0 Å². The molecule has 0 spiro atoms. The lowest BCUT2D eigenvalue weighted by Crippen LogP contribution is -2.35. The quantitative estimate of drug-likeness (QED) is 0.738. The molecule has 1 saturated heterocycles. The number of pyridine rings is 1. The highest BCUT2D eigenvalue weighted by Gasteiger charge is 2.20. The molecular formula is C24H31N3O. The molecule has 1 amide bonds. The van der Waals surface area contributed by atoms with Gasteiger partial charge < -0.3 is 10.2 Å². The number of aromatic nitrogens is 1. The van der Waals surface area contributed by atoms with Crippen molar-refractivity contribution in [2.45, 2.75) is 51.9 Å². The van der Waals surface area contributed by atoms with Gasteiger partial charge in [-0.3, -0.25) is 4.79 Å². The Morgan fingerprint density at radius 2 is 2.14 bits per heavy atom. The number of benzene rings is 1. The number of nitrogens with zero attached hydrogens (tertiary/aromatic N) is 2. The zero-order chi connectivity index (χ0) is 19.3. The molecule has 1 atom stereocenters. The maximum absolute atomic E-state index is 13.0. The molecule has 28 heavy (non-hydrogen) atoms. The lowest BCUT2D eigenvalue weighted by Gasteiger charge is -2.32. The molecule has 1 aliphatic carbocycles. The van der Waals surface area contributed by atoms with Crippen LogP contribution >= 0.6 is 0 Å². The number of rotatable bonds is 5. The Morgan fingerprint density at radius 3 is 2.96 bits per heavy atom. The summed E-state index contributed by atoms with van der Waals surface area (Å²) in [4.78, 5) is 20.2. The fourth-order valence-corrected chi connectivity index (χ4v) is 4.47. The minimum Gasteiger partial charge on any atom is -0.356 e. The summed E-state index contributed by atoms with van der Waals surface area (Å²) >= 11 is 0. The van der Waals surface area contributed by atoms with Crippen LogP contribution in [0.3, 0.4) is 0 Å². The van der Waals surface area contributed by atoms with Crippen LogP contribution in [0.4, 0.5) is 5.82 Å². The van der Waals surface area contributed by atoms with Crippen molar-refractivity contribution in [1.29, 1.82) is 0 Å². The SMILES string of the molecule is CC1CCCN(c2cc(C(=O)NCCC3=CCCCC3)c3ccccc3n2)C1. The van der Waals surface area contributed by atoms with E-state index in [9.17, 15) is 4.79 Å². The van der Waals surface area contributed by atoms with Gasteiger partial charge in [-0.15, -0.1) is 0 Å². The fraction of sp³-hybridized carbons (Fsp3) is 0.500. The molecule has 2 aliphatic rings. The summed E-state index contributed by atoms with van der Waals surface area (Å²) in [5.74, 6) is 1.62. The zero-order valence-corrected chi connectivity index (χ0v) is 16.9. The maximum Gasteiger partial charge on any atom is 0.252 e. The van der Waals surface area contributed by atoms with E-state index in [0.717, 1.165) is 41.8 Å². The summed E-state index contributed by atoms with van der Waals surface area (Å²) in [6, 6.07) is 9.99. The van der Waals surface area contributed by atoms with E-state index in [1.54, 1.807) is 0 Å². The number of hydrogen-bond acceptors (Lipinski definition) is 3. The van der Waals surface area contributed by atoms with Gasteiger partial charge in [-0.1, -0.05) is 36.8 Å². The summed E-state index contributed by atoms with van der Waals surface area (Å²) < 4.78 is 0. The lowest BCUT2D eigenvalue weighted by atomic mass is 9.97. The number of carbonyl (C=O) groups excluding carboxylic acids is 1. The van der Waals surface area contributed by atoms with Gasteiger partial charge in [-0.25, -0.2) is 4.98 Å². The molecule has 1 aromatic heterocycles. The van der Waals surface area contributed by atoms with Crippen molar-refractivity contribution in [2.24, 2.45) is 5.92 Å². The number of nitrogens with one attached hydrogen (secondary N) is 1. The van der Waals surface area contributed by atoms with E-state index in [-0.39, 0.29) is 5.91 Å². The minimum absolute atomic E-state index is 0.0151. The minimum atomic E-state index is 0.0151. The highest BCUT2D eigenvalue weighted by molar-refractivity contribution is 6.07. The second-order valence-electron chi connectivity index (χ2n) is 8.35. The first-order valence-electron chi connectivity index (χ1n) is 10.8. The molecule has 148 valence electrons. The van der Waals surface area contributed by atoms with Crippen LogP contribution in [0.1, 0.15) is 62.2 Å². The Hall–Kier alpha value is -2.36.